The summed E-state index contributed by atoms with van der Waals surface area (Å²) in [6, 6.07) is 8.20. The van der Waals surface area contributed by atoms with Crippen molar-refractivity contribution in [1.29, 1.82) is 0 Å². The average molecular weight is 279 g/mol. The van der Waals surface area contributed by atoms with Crippen LogP contribution in [0.25, 0.3) is 0 Å². The molecule has 1 aliphatic rings. The summed E-state index contributed by atoms with van der Waals surface area (Å²) in [5, 5.41) is 12.7. The number of benzene rings is 1. The fourth-order valence-electron chi connectivity index (χ4n) is 2.77. The molecular weight excluding hydrogens is 254 g/mol. The number of nitrogens with one attached hydrogen (secondary N) is 1. The van der Waals surface area contributed by atoms with Crippen LogP contribution < -0.4 is 10.1 Å². The van der Waals surface area contributed by atoms with Gasteiger partial charge >= 0.3 is 0 Å². The van der Waals surface area contributed by atoms with Crippen molar-refractivity contribution in [3.8, 4) is 5.75 Å². The molecular formula is C16H25NO3. The number of likely N-dealkylation sites (N-methyl/N-ethyl adjacent to an activating group) is 1. The summed E-state index contributed by atoms with van der Waals surface area (Å²) >= 11 is 0. The molecule has 1 aromatic rings. The van der Waals surface area contributed by atoms with Crippen LogP contribution in [0.1, 0.15) is 24.8 Å². The van der Waals surface area contributed by atoms with E-state index in [0.717, 1.165) is 38.0 Å². The Labute approximate surface area is 121 Å². The van der Waals surface area contributed by atoms with E-state index >= 15 is 0 Å². The Kier molecular flexibility index (Phi) is 5.40. The number of methoxy groups -OCH3 is 1. The Morgan fingerprint density at radius 1 is 1.35 bits per heavy atom. The predicted molar refractivity (Wildman–Crippen MR) is 79.2 cm³/mol. The molecule has 2 N–H and O–H groups in total. The summed E-state index contributed by atoms with van der Waals surface area (Å²) in [6.07, 6.45) is 3.89. The first-order valence-corrected chi connectivity index (χ1v) is 7.26. The van der Waals surface area contributed by atoms with Crippen molar-refractivity contribution in [2.24, 2.45) is 0 Å². The highest BCUT2D eigenvalue weighted by Crippen LogP contribution is 2.32. The predicted octanol–water partition coefficient (Wildman–Crippen LogP) is 1.76. The molecule has 2 rings (SSSR count). The molecule has 0 aromatic heterocycles. The largest absolute Gasteiger partial charge is 0.490 e. The second-order valence-electron chi connectivity index (χ2n) is 5.56. The average Bonchev–Trinajstić information content (AvgIpc) is 2.90. The molecule has 1 aliphatic carbocycles. The highest BCUT2D eigenvalue weighted by molar-refractivity contribution is 5.27. The summed E-state index contributed by atoms with van der Waals surface area (Å²) in [5.41, 5.74) is 1.09. The molecule has 4 nitrogen and oxygen atoms in total. The molecule has 4 heteroatoms. The number of rotatable bonds is 7. The van der Waals surface area contributed by atoms with Gasteiger partial charge in [0.05, 0.1) is 13.2 Å². The van der Waals surface area contributed by atoms with Gasteiger partial charge in [-0.05, 0) is 44.0 Å². The van der Waals surface area contributed by atoms with Gasteiger partial charge in [-0.1, -0.05) is 12.1 Å². The van der Waals surface area contributed by atoms with Gasteiger partial charge in [0.1, 0.15) is 11.9 Å². The van der Waals surface area contributed by atoms with E-state index in [9.17, 15) is 5.11 Å². The lowest BCUT2D eigenvalue weighted by Gasteiger charge is -2.26. The summed E-state index contributed by atoms with van der Waals surface area (Å²) in [5.74, 6) is 0.904. The SMILES string of the molecule is CNC1(CO)CCC(Oc2ccc(CCOC)cc2)C1. The normalized spacial score (nSPS) is 25.9. The van der Waals surface area contributed by atoms with Gasteiger partial charge in [0.25, 0.3) is 0 Å². The van der Waals surface area contributed by atoms with E-state index in [1.165, 1.54) is 5.56 Å². The van der Waals surface area contributed by atoms with Crippen molar-refractivity contribution >= 4 is 0 Å². The maximum Gasteiger partial charge on any atom is 0.119 e. The minimum atomic E-state index is -0.164. The molecule has 0 spiro atoms. The lowest BCUT2D eigenvalue weighted by atomic mass is 9.99. The lowest BCUT2D eigenvalue weighted by Crippen LogP contribution is -2.44. The van der Waals surface area contributed by atoms with Crippen LogP contribution in [-0.2, 0) is 11.2 Å². The third-order valence-electron chi connectivity index (χ3n) is 4.22. The van der Waals surface area contributed by atoms with E-state index in [1.807, 2.05) is 19.2 Å². The van der Waals surface area contributed by atoms with Crippen molar-refractivity contribution in [3.05, 3.63) is 29.8 Å². The number of ether oxygens (including phenoxy) is 2. The maximum absolute atomic E-state index is 9.49. The van der Waals surface area contributed by atoms with Crippen LogP contribution in [0.15, 0.2) is 24.3 Å². The van der Waals surface area contributed by atoms with Crippen LogP contribution >= 0.6 is 0 Å². The molecule has 2 unspecified atom stereocenters. The zero-order chi connectivity index (χ0) is 14.4. The van der Waals surface area contributed by atoms with Gasteiger partial charge in [-0.3, -0.25) is 0 Å². The molecule has 20 heavy (non-hydrogen) atoms. The van der Waals surface area contributed by atoms with Gasteiger partial charge < -0.3 is 19.9 Å². The van der Waals surface area contributed by atoms with Gasteiger partial charge in [-0.25, -0.2) is 0 Å². The van der Waals surface area contributed by atoms with E-state index < -0.39 is 0 Å². The number of aliphatic hydroxyl groups is 1. The Balaban J connectivity index is 1.88. The highest BCUT2D eigenvalue weighted by Gasteiger charge is 2.38. The van der Waals surface area contributed by atoms with Crippen molar-refractivity contribution in [1.82, 2.24) is 5.32 Å². The zero-order valence-electron chi connectivity index (χ0n) is 12.4. The van der Waals surface area contributed by atoms with E-state index in [2.05, 4.69) is 17.4 Å². The molecule has 0 saturated heterocycles. The first kappa shape index (κ1) is 15.3. The summed E-state index contributed by atoms with van der Waals surface area (Å²) < 4.78 is 11.1. The Bertz CT molecular complexity index is 401. The van der Waals surface area contributed by atoms with Gasteiger partial charge in [0.2, 0.25) is 0 Å². The summed E-state index contributed by atoms with van der Waals surface area (Å²) in [4.78, 5) is 0. The van der Waals surface area contributed by atoms with Crippen molar-refractivity contribution in [3.63, 3.8) is 0 Å². The molecule has 0 radical (unpaired) electrons. The first-order chi connectivity index (χ1) is 9.71. The Hall–Kier alpha value is -1.10. The minimum Gasteiger partial charge on any atom is -0.490 e. The Morgan fingerprint density at radius 3 is 2.65 bits per heavy atom. The van der Waals surface area contributed by atoms with Crippen LogP contribution in [-0.4, -0.2) is 44.1 Å². The molecule has 112 valence electrons. The molecule has 1 fully saturated rings. The Morgan fingerprint density at radius 2 is 2.10 bits per heavy atom. The third kappa shape index (κ3) is 3.72. The van der Waals surface area contributed by atoms with Gasteiger partial charge in [-0.15, -0.1) is 0 Å². The quantitative estimate of drug-likeness (QED) is 0.798. The minimum absolute atomic E-state index is 0.164. The second-order valence-corrected chi connectivity index (χ2v) is 5.56. The number of hydrogen-bond acceptors (Lipinski definition) is 4. The first-order valence-electron chi connectivity index (χ1n) is 7.26. The van der Waals surface area contributed by atoms with Gasteiger partial charge in [-0.2, -0.15) is 0 Å². The summed E-state index contributed by atoms with van der Waals surface area (Å²) in [6.45, 7) is 0.906. The van der Waals surface area contributed by atoms with E-state index in [0.29, 0.717) is 0 Å². The van der Waals surface area contributed by atoms with Crippen molar-refractivity contribution in [2.45, 2.75) is 37.3 Å². The standard InChI is InChI=1S/C16H25NO3/c1-17-16(12-18)9-7-15(11-16)20-14-5-3-13(4-6-14)8-10-19-2/h3-6,15,17-18H,7-12H2,1-2H3. The number of aliphatic hydroxyl groups excluding tert-OH is 1. The third-order valence-corrected chi connectivity index (χ3v) is 4.22. The maximum atomic E-state index is 9.49. The van der Waals surface area contributed by atoms with E-state index in [1.54, 1.807) is 7.11 Å². The fraction of sp³-hybridized carbons (Fsp3) is 0.625. The van der Waals surface area contributed by atoms with Crippen LogP contribution in [0.4, 0.5) is 0 Å². The van der Waals surface area contributed by atoms with Gasteiger partial charge in [0, 0.05) is 19.1 Å². The smallest absolute Gasteiger partial charge is 0.119 e. The highest BCUT2D eigenvalue weighted by atomic mass is 16.5. The molecule has 1 saturated carbocycles. The summed E-state index contributed by atoms with van der Waals surface area (Å²) in [7, 11) is 3.62. The zero-order valence-corrected chi connectivity index (χ0v) is 12.4. The molecule has 2 atom stereocenters. The lowest BCUT2D eigenvalue weighted by molar-refractivity contribution is 0.146. The number of hydrogen-bond donors (Lipinski definition) is 2. The van der Waals surface area contributed by atoms with Crippen molar-refractivity contribution < 1.29 is 14.6 Å². The monoisotopic (exact) mass is 279 g/mol. The van der Waals surface area contributed by atoms with Crippen LogP contribution in [0.5, 0.6) is 5.75 Å². The molecule has 1 aromatic carbocycles. The van der Waals surface area contributed by atoms with Crippen LogP contribution in [0.3, 0.4) is 0 Å². The van der Waals surface area contributed by atoms with E-state index in [4.69, 9.17) is 9.47 Å². The molecule has 0 heterocycles. The van der Waals surface area contributed by atoms with Crippen LogP contribution in [0.2, 0.25) is 0 Å². The second kappa shape index (κ2) is 7.07. The van der Waals surface area contributed by atoms with Crippen molar-refractivity contribution in [2.75, 3.05) is 27.4 Å². The molecule has 0 bridgehead atoms. The van der Waals surface area contributed by atoms with Gasteiger partial charge in [0.15, 0.2) is 0 Å². The topological polar surface area (TPSA) is 50.7 Å². The molecule has 0 amide bonds. The van der Waals surface area contributed by atoms with E-state index in [-0.39, 0.29) is 18.2 Å². The molecule has 0 aliphatic heterocycles. The fourth-order valence-corrected chi connectivity index (χ4v) is 2.77. The van der Waals surface area contributed by atoms with Crippen LogP contribution in [0, 0.1) is 0 Å².